The van der Waals surface area contributed by atoms with Gasteiger partial charge in [-0.25, -0.2) is 4.79 Å². The van der Waals surface area contributed by atoms with E-state index in [0.717, 1.165) is 73.3 Å². The number of nitrogens with one attached hydrogen (secondary N) is 1. The number of aromatic nitrogens is 1. The summed E-state index contributed by atoms with van der Waals surface area (Å²) in [7, 11) is 3.58. The van der Waals surface area contributed by atoms with E-state index in [1.165, 1.54) is 0 Å². The lowest BCUT2D eigenvalue weighted by Gasteiger charge is -2.44. The van der Waals surface area contributed by atoms with Gasteiger partial charge in [0.05, 0.1) is 31.1 Å². The summed E-state index contributed by atoms with van der Waals surface area (Å²) in [5.41, 5.74) is 24.8. The molecular formula is C47H63N9O7. The molecule has 7 rings (SSSR count). The zero-order chi connectivity index (χ0) is 45.2. The third-order valence-corrected chi connectivity index (χ3v) is 11.9. The molecule has 3 aliphatic rings. The van der Waals surface area contributed by atoms with E-state index in [2.05, 4.69) is 25.9 Å². The molecule has 4 aromatic rings. The molecule has 16 nitrogen and oxygen atoms in total. The number of amides is 3. The van der Waals surface area contributed by atoms with E-state index >= 15 is 0 Å². The van der Waals surface area contributed by atoms with Crippen molar-refractivity contribution in [1.82, 2.24) is 24.6 Å². The van der Waals surface area contributed by atoms with Gasteiger partial charge in [-0.1, -0.05) is 24.3 Å². The summed E-state index contributed by atoms with van der Waals surface area (Å²) in [6, 6.07) is 20.1. The molecular weight excluding hydrogens is 803 g/mol. The van der Waals surface area contributed by atoms with Crippen LogP contribution in [-0.2, 0) is 26.1 Å². The monoisotopic (exact) mass is 865 g/mol. The van der Waals surface area contributed by atoms with E-state index in [-0.39, 0.29) is 48.0 Å². The molecule has 3 amide bonds. The molecule has 3 aromatic carbocycles. The van der Waals surface area contributed by atoms with Crippen LogP contribution in [0.4, 0.5) is 10.5 Å². The number of benzene rings is 3. The summed E-state index contributed by atoms with van der Waals surface area (Å²) in [4.78, 5) is 43.6. The molecule has 3 aliphatic heterocycles. The van der Waals surface area contributed by atoms with E-state index < -0.39 is 0 Å². The van der Waals surface area contributed by atoms with Crippen molar-refractivity contribution in [3.05, 3.63) is 113 Å². The van der Waals surface area contributed by atoms with Crippen LogP contribution >= 0.6 is 0 Å². The van der Waals surface area contributed by atoms with Crippen LogP contribution in [0.2, 0.25) is 0 Å². The number of carbonyl (C=O) groups excluding carboxylic acids is 3. The zero-order valence-electron chi connectivity index (χ0n) is 37.0. The number of hydrogen-bond donors (Lipinski definition) is 5. The lowest BCUT2D eigenvalue weighted by atomic mass is 10.00. The Bertz CT molecular complexity index is 2260. The van der Waals surface area contributed by atoms with Crippen LogP contribution in [0.5, 0.6) is 5.75 Å². The number of anilines is 1. The lowest BCUT2D eigenvalue weighted by molar-refractivity contribution is -0.187. The third-order valence-electron chi connectivity index (χ3n) is 11.9. The second kappa shape index (κ2) is 21.3. The van der Waals surface area contributed by atoms with Crippen molar-refractivity contribution in [2.75, 3.05) is 71.0 Å². The first-order chi connectivity index (χ1) is 30.3. The molecule has 0 saturated carbocycles. The fraction of sp³-hybridized carbons (Fsp3) is 0.426. The van der Waals surface area contributed by atoms with Gasteiger partial charge in [0.2, 0.25) is 0 Å². The zero-order valence-corrected chi connectivity index (χ0v) is 37.0. The van der Waals surface area contributed by atoms with E-state index in [0.29, 0.717) is 55.1 Å². The van der Waals surface area contributed by atoms with Gasteiger partial charge in [0, 0.05) is 106 Å². The Balaban J connectivity index is 0.000000276. The Kier molecular flexibility index (Phi) is 15.7. The van der Waals surface area contributed by atoms with Crippen molar-refractivity contribution >= 4 is 40.5 Å². The highest BCUT2D eigenvalue weighted by Gasteiger charge is 2.34. The predicted molar refractivity (Wildman–Crippen MR) is 244 cm³/mol. The number of piperazine rings is 1. The van der Waals surface area contributed by atoms with Crippen LogP contribution in [0.1, 0.15) is 59.8 Å². The number of urea groups is 1. The number of carbonyl (C=O) groups is 3. The van der Waals surface area contributed by atoms with Gasteiger partial charge in [-0.2, -0.15) is 0 Å². The number of nitrogens with two attached hydrogens (primary N) is 3. The van der Waals surface area contributed by atoms with Gasteiger partial charge in [0.1, 0.15) is 24.0 Å². The first kappa shape index (κ1) is 46.4. The Labute approximate surface area is 369 Å². The molecule has 1 aromatic heterocycles. The van der Waals surface area contributed by atoms with E-state index in [9.17, 15) is 19.5 Å². The summed E-state index contributed by atoms with van der Waals surface area (Å²) in [5, 5.41) is 14.0. The summed E-state index contributed by atoms with van der Waals surface area (Å²) < 4.78 is 19.8. The van der Waals surface area contributed by atoms with Gasteiger partial charge in [-0.05, 0) is 86.9 Å². The van der Waals surface area contributed by atoms with Crippen molar-refractivity contribution in [1.29, 1.82) is 0 Å². The number of phenolic OH excluding ortho intramolecular Hbond substituents is 1. The Morgan fingerprint density at radius 1 is 0.968 bits per heavy atom. The second-order valence-corrected chi connectivity index (χ2v) is 16.2. The fourth-order valence-electron chi connectivity index (χ4n) is 8.21. The van der Waals surface area contributed by atoms with Crippen LogP contribution < -0.4 is 27.4 Å². The van der Waals surface area contributed by atoms with E-state index in [1.54, 1.807) is 42.3 Å². The van der Waals surface area contributed by atoms with Crippen molar-refractivity contribution in [3.63, 3.8) is 0 Å². The molecule has 63 heavy (non-hydrogen) atoms. The number of fused-ring (bicyclic) bond motifs is 1. The average Bonchev–Trinajstić information content (AvgIpc) is 3.58. The summed E-state index contributed by atoms with van der Waals surface area (Å²) in [6.07, 6.45) is 5.24. The maximum Gasteiger partial charge on any atom is 0.321 e. The summed E-state index contributed by atoms with van der Waals surface area (Å²) >= 11 is 0. The molecule has 3 fully saturated rings. The number of allylic oxidation sites excluding steroid dienone is 1. The molecule has 3 saturated heterocycles. The minimum atomic E-state index is -0.280. The van der Waals surface area contributed by atoms with Crippen molar-refractivity contribution in [3.8, 4) is 5.75 Å². The fourth-order valence-corrected chi connectivity index (χ4v) is 8.21. The lowest BCUT2D eigenvalue weighted by Crippen LogP contribution is -2.51. The minimum Gasteiger partial charge on any atom is -0.507 e. The number of phenols is 1. The number of aromatic hydroxyl groups is 1. The number of para-hydroxylation sites is 1. The first-order valence-electron chi connectivity index (χ1n) is 21.6. The highest BCUT2D eigenvalue weighted by Crippen LogP contribution is 2.33. The molecule has 4 heterocycles. The van der Waals surface area contributed by atoms with Crippen LogP contribution in [0.15, 0.2) is 90.5 Å². The third kappa shape index (κ3) is 11.3. The normalized spacial score (nSPS) is 19.8. The van der Waals surface area contributed by atoms with Gasteiger partial charge in [0.25, 0.3) is 5.91 Å². The van der Waals surface area contributed by atoms with Crippen LogP contribution in [0, 0.1) is 6.92 Å². The number of ether oxygens (including phenoxy) is 3. The van der Waals surface area contributed by atoms with E-state index in [1.807, 2.05) is 75.2 Å². The number of rotatable bonds is 11. The Morgan fingerprint density at radius 2 is 1.67 bits per heavy atom. The molecule has 338 valence electrons. The van der Waals surface area contributed by atoms with Crippen molar-refractivity contribution < 1.29 is 33.7 Å². The molecule has 0 aliphatic carbocycles. The molecule has 8 N–H and O–H groups in total. The molecule has 16 heteroatoms. The summed E-state index contributed by atoms with van der Waals surface area (Å²) in [6.45, 7) is 12.1. The molecule has 0 bridgehead atoms. The van der Waals surface area contributed by atoms with Gasteiger partial charge < -0.3 is 61.0 Å². The topological polar surface area (TPSA) is 207 Å². The first-order valence-corrected chi connectivity index (χ1v) is 21.6. The second-order valence-electron chi connectivity index (χ2n) is 16.2. The van der Waals surface area contributed by atoms with E-state index in [4.69, 9.17) is 31.4 Å². The Morgan fingerprint density at radius 3 is 2.32 bits per heavy atom. The smallest absolute Gasteiger partial charge is 0.321 e. The molecule has 3 atom stereocenters. The van der Waals surface area contributed by atoms with Crippen molar-refractivity contribution in [2.45, 2.75) is 58.2 Å². The quantitative estimate of drug-likeness (QED) is 0.105. The molecule has 3 unspecified atom stereocenters. The highest BCUT2D eigenvalue weighted by atomic mass is 16.7. The number of hydrogen-bond acceptors (Lipinski definition) is 12. The number of nitrogens with zero attached hydrogens (tertiary/aromatic N) is 5. The Hall–Kier alpha value is -6.07. The van der Waals surface area contributed by atoms with Crippen molar-refractivity contribution in [2.24, 2.45) is 24.2 Å². The van der Waals surface area contributed by atoms with Gasteiger partial charge >= 0.3 is 6.03 Å². The number of aryl methyl sites for hydroxylation is 2. The molecule has 0 radical (unpaired) electrons. The summed E-state index contributed by atoms with van der Waals surface area (Å²) in [5.74, 6) is 0.223. The minimum absolute atomic E-state index is 0.0236. The van der Waals surface area contributed by atoms with Crippen LogP contribution in [0.3, 0.4) is 0 Å². The SMILES string of the molecule is CC1OC(c2ccc(C(=O)N3CCN(CC4OCCCO4)CC3)cc2)CN(C(/C=C(\N)c2ccccc2O)=C(N)N)C1C.CNC(=O)N(CCC=O)c1ccc2c(c1)c(C)cn2C. The van der Waals surface area contributed by atoms with Crippen LogP contribution in [0.25, 0.3) is 16.6 Å². The average molecular weight is 866 g/mol. The molecule has 0 spiro atoms. The van der Waals surface area contributed by atoms with Gasteiger partial charge in [0.15, 0.2) is 6.29 Å². The van der Waals surface area contributed by atoms with Gasteiger partial charge in [-0.3, -0.25) is 14.6 Å². The standard InChI is InChI=1S/C32H44N6O5.C15H19N3O2/c1-21-22(2)43-29(19-38(21)27(31(34)35)18-26(33)25-6-3-4-7-28(25)39)23-8-10-24(11-9-23)32(40)37-14-12-36(13-15-37)20-30-41-16-5-17-42-30;1-11-10-17(3)14-6-5-12(9-13(11)14)18(7-4-8-19)15(20)16-2/h3-4,6-11,18,21-22,29-30,39H,5,12-17,19-20,33-35H2,1-2H3;5-6,8-10H,4,7H2,1-3H3,(H,16,20)/b26-18-;. The number of morpholine rings is 1. The number of aldehydes is 1. The van der Waals surface area contributed by atoms with Gasteiger partial charge in [-0.15, -0.1) is 0 Å². The van der Waals surface area contributed by atoms with Crippen LogP contribution in [-0.4, -0.2) is 127 Å². The highest BCUT2D eigenvalue weighted by molar-refractivity contribution is 5.96. The predicted octanol–water partition coefficient (Wildman–Crippen LogP) is 4.37. The maximum absolute atomic E-state index is 13.3. The largest absolute Gasteiger partial charge is 0.507 e. The maximum atomic E-state index is 13.3.